The van der Waals surface area contributed by atoms with Crippen molar-refractivity contribution in [2.45, 2.75) is 44.6 Å². The van der Waals surface area contributed by atoms with Gasteiger partial charge in [0.2, 0.25) is 5.91 Å². The number of nitrogens with zero attached hydrogens (tertiary/aromatic N) is 5. The summed E-state index contributed by atoms with van der Waals surface area (Å²) < 4.78 is 7.60. The smallest absolute Gasteiger partial charge is 0.248 e. The van der Waals surface area contributed by atoms with Gasteiger partial charge in [-0.25, -0.2) is 0 Å². The SMILES string of the molecule is CN(C)C(=O)COCC1CN(CC2CCCCC2)Cc2nnn(C)c21. The Morgan fingerprint density at radius 1 is 1.28 bits per heavy atom. The summed E-state index contributed by atoms with van der Waals surface area (Å²) in [6, 6.07) is 0. The molecule has 0 spiro atoms. The van der Waals surface area contributed by atoms with Crippen LogP contribution in [0.4, 0.5) is 0 Å². The minimum absolute atomic E-state index is 0.00164. The predicted octanol–water partition coefficient (Wildman–Crippen LogP) is 1.40. The molecule has 1 atom stereocenters. The number of aryl methyl sites for hydroxylation is 1. The summed E-state index contributed by atoms with van der Waals surface area (Å²) in [6.45, 7) is 3.65. The average molecular weight is 349 g/mol. The third kappa shape index (κ3) is 4.58. The second-order valence-electron chi connectivity index (χ2n) is 7.74. The van der Waals surface area contributed by atoms with Gasteiger partial charge < -0.3 is 9.64 Å². The minimum Gasteiger partial charge on any atom is -0.371 e. The van der Waals surface area contributed by atoms with Gasteiger partial charge in [0.25, 0.3) is 0 Å². The van der Waals surface area contributed by atoms with Crippen molar-refractivity contribution in [1.82, 2.24) is 24.8 Å². The monoisotopic (exact) mass is 349 g/mol. The standard InChI is InChI=1S/C18H31N5O2/c1-21(2)17(24)13-25-12-15-10-23(9-14-7-5-4-6-8-14)11-16-18(15)22(3)20-19-16/h14-15H,4-13H2,1-3H3. The minimum atomic E-state index is -0.00164. The van der Waals surface area contributed by atoms with Crippen LogP contribution in [0.5, 0.6) is 0 Å². The Morgan fingerprint density at radius 3 is 2.76 bits per heavy atom. The Kier molecular flexibility index (Phi) is 6.06. The molecule has 0 aromatic carbocycles. The second kappa shape index (κ2) is 8.27. The lowest BCUT2D eigenvalue weighted by Gasteiger charge is -2.35. The maximum atomic E-state index is 11.7. The highest BCUT2D eigenvalue weighted by molar-refractivity contribution is 5.76. The normalized spacial score (nSPS) is 22.0. The average Bonchev–Trinajstić information content (AvgIpc) is 2.96. The fraction of sp³-hybridized carbons (Fsp3) is 0.833. The van der Waals surface area contributed by atoms with Crippen LogP contribution >= 0.6 is 0 Å². The molecule has 25 heavy (non-hydrogen) atoms. The van der Waals surface area contributed by atoms with E-state index in [-0.39, 0.29) is 18.4 Å². The van der Waals surface area contributed by atoms with E-state index >= 15 is 0 Å². The van der Waals surface area contributed by atoms with Gasteiger partial charge in [0.05, 0.1) is 12.3 Å². The molecular weight excluding hydrogens is 318 g/mol. The van der Waals surface area contributed by atoms with Crippen molar-refractivity contribution in [3.05, 3.63) is 11.4 Å². The molecular formula is C18H31N5O2. The molecule has 0 N–H and O–H groups in total. The van der Waals surface area contributed by atoms with Crippen molar-refractivity contribution in [2.24, 2.45) is 13.0 Å². The van der Waals surface area contributed by atoms with Gasteiger partial charge in [0, 0.05) is 46.7 Å². The Balaban J connectivity index is 1.61. The molecule has 140 valence electrons. The molecule has 1 aliphatic carbocycles. The number of ether oxygens (including phenoxy) is 1. The molecule has 2 aliphatic rings. The number of aromatic nitrogens is 3. The summed E-state index contributed by atoms with van der Waals surface area (Å²) in [5.74, 6) is 1.03. The van der Waals surface area contributed by atoms with Crippen molar-refractivity contribution in [1.29, 1.82) is 0 Å². The fourth-order valence-corrected chi connectivity index (χ4v) is 4.12. The second-order valence-corrected chi connectivity index (χ2v) is 7.74. The fourth-order valence-electron chi connectivity index (χ4n) is 4.12. The molecule has 7 nitrogen and oxygen atoms in total. The van der Waals surface area contributed by atoms with Crippen LogP contribution in [0.2, 0.25) is 0 Å². The van der Waals surface area contributed by atoms with Crippen molar-refractivity contribution in [3.8, 4) is 0 Å². The summed E-state index contributed by atoms with van der Waals surface area (Å²) in [5, 5.41) is 8.57. The van der Waals surface area contributed by atoms with Crippen LogP contribution in [0.25, 0.3) is 0 Å². The van der Waals surface area contributed by atoms with E-state index in [0.717, 1.165) is 36.9 Å². The largest absolute Gasteiger partial charge is 0.371 e. The maximum absolute atomic E-state index is 11.7. The van der Waals surface area contributed by atoms with Crippen molar-refractivity contribution < 1.29 is 9.53 Å². The van der Waals surface area contributed by atoms with Crippen LogP contribution in [-0.4, -0.2) is 71.1 Å². The highest BCUT2D eigenvalue weighted by atomic mass is 16.5. The van der Waals surface area contributed by atoms with E-state index in [0.29, 0.717) is 6.61 Å². The van der Waals surface area contributed by atoms with Gasteiger partial charge in [-0.1, -0.05) is 24.5 Å². The van der Waals surface area contributed by atoms with Gasteiger partial charge in [0.1, 0.15) is 12.3 Å². The van der Waals surface area contributed by atoms with Gasteiger partial charge in [-0.3, -0.25) is 14.4 Å². The number of amides is 1. The molecule has 1 aromatic heterocycles. The van der Waals surface area contributed by atoms with E-state index in [9.17, 15) is 4.79 Å². The van der Waals surface area contributed by atoms with Crippen molar-refractivity contribution >= 4 is 5.91 Å². The van der Waals surface area contributed by atoms with E-state index < -0.39 is 0 Å². The lowest BCUT2D eigenvalue weighted by atomic mass is 9.88. The first-order valence-electron chi connectivity index (χ1n) is 9.43. The van der Waals surface area contributed by atoms with Crippen molar-refractivity contribution in [3.63, 3.8) is 0 Å². The lowest BCUT2D eigenvalue weighted by molar-refractivity contribution is -0.133. The van der Waals surface area contributed by atoms with Gasteiger partial charge in [-0.05, 0) is 18.8 Å². The zero-order valence-electron chi connectivity index (χ0n) is 15.8. The summed E-state index contributed by atoms with van der Waals surface area (Å²) in [7, 11) is 5.45. The zero-order chi connectivity index (χ0) is 17.8. The van der Waals surface area contributed by atoms with Crippen LogP contribution < -0.4 is 0 Å². The van der Waals surface area contributed by atoms with Gasteiger partial charge in [0.15, 0.2) is 0 Å². The number of likely N-dealkylation sites (N-methyl/N-ethyl adjacent to an activating group) is 1. The van der Waals surface area contributed by atoms with E-state index in [1.165, 1.54) is 32.1 Å². The molecule has 1 unspecified atom stereocenters. The molecule has 1 saturated carbocycles. The first-order chi connectivity index (χ1) is 12.0. The molecule has 7 heteroatoms. The first-order valence-corrected chi connectivity index (χ1v) is 9.43. The third-order valence-corrected chi connectivity index (χ3v) is 5.47. The molecule has 1 aliphatic heterocycles. The molecule has 2 heterocycles. The number of fused-ring (bicyclic) bond motifs is 1. The Bertz CT molecular complexity index is 580. The number of hydrogen-bond donors (Lipinski definition) is 0. The molecule has 0 bridgehead atoms. The quantitative estimate of drug-likeness (QED) is 0.777. The van der Waals surface area contributed by atoms with E-state index in [2.05, 4.69) is 15.2 Å². The van der Waals surface area contributed by atoms with Crippen LogP contribution in [0.1, 0.15) is 49.4 Å². The molecule has 1 amide bonds. The third-order valence-electron chi connectivity index (χ3n) is 5.47. The molecule has 3 rings (SSSR count). The Labute approximate surface area is 150 Å². The summed E-state index contributed by atoms with van der Waals surface area (Å²) in [5.41, 5.74) is 2.23. The van der Waals surface area contributed by atoms with Gasteiger partial charge in [-0.15, -0.1) is 5.10 Å². The highest BCUT2D eigenvalue weighted by Crippen LogP contribution is 2.30. The first kappa shape index (κ1) is 18.3. The molecule has 0 saturated heterocycles. The lowest BCUT2D eigenvalue weighted by Crippen LogP contribution is -2.39. The van der Waals surface area contributed by atoms with E-state index in [1.54, 1.807) is 19.0 Å². The van der Waals surface area contributed by atoms with E-state index in [4.69, 9.17) is 4.74 Å². The number of hydrogen-bond acceptors (Lipinski definition) is 5. The van der Waals surface area contributed by atoms with Gasteiger partial charge in [-0.2, -0.15) is 0 Å². The molecule has 1 fully saturated rings. The Morgan fingerprint density at radius 2 is 2.04 bits per heavy atom. The van der Waals surface area contributed by atoms with Crippen molar-refractivity contribution in [2.75, 3.05) is 40.4 Å². The molecule has 1 aromatic rings. The summed E-state index contributed by atoms with van der Waals surface area (Å²) >= 11 is 0. The number of rotatable bonds is 6. The summed E-state index contributed by atoms with van der Waals surface area (Å²) in [6.07, 6.45) is 6.83. The zero-order valence-corrected chi connectivity index (χ0v) is 15.8. The number of carbonyl (C=O) groups excluding carboxylic acids is 1. The predicted molar refractivity (Wildman–Crippen MR) is 95.1 cm³/mol. The van der Waals surface area contributed by atoms with Crippen LogP contribution in [-0.2, 0) is 23.1 Å². The topological polar surface area (TPSA) is 63.5 Å². The summed E-state index contributed by atoms with van der Waals surface area (Å²) in [4.78, 5) is 15.8. The maximum Gasteiger partial charge on any atom is 0.248 e. The number of carbonyl (C=O) groups is 1. The van der Waals surface area contributed by atoms with Crippen LogP contribution in [0, 0.1) is 5.92 Å². The van der Waals surface area contributed by atoms with Gasteiger partial charge >= 0.3 is 0 Å². The highest BCUT2D eigenvalue weighted by Gasteiger charge is 2.31. The molecule has 0 radical (unpaired) electrons. The Hall–Kier alpha value is -1.47. The van der Waals surface area contributed by atoms with Crippen LogP contribution in [0.3, 0.4) is 0 Å². The van der Waals surface area contributed by atoms with Crippen LogP contribution in [0.15, 0.2) is 0 Å². The van der Waals surface area contributed by atoms with E-state index in [1.807, 2.05) is 11.7 Å².